The molecule has 0 radical (unpaired) electrons. The smallest absolute Gasteiger partial charge is 0.411 e. The van der Waals surface area contributed by atoms with E-state index in [4.69, 9.17) is 4.74 Å². The number of carbonyl (C=O) groups excluding carboxylic acids is 2. The first-order valence-electron chi connectivity index (χ1n) is 10.1. The number of hydrogen-bond acceptors (Lipinski definition) is 4. The van der Waals surface area contributed by atoms with Crippen LogP contribution in [-0.2, 0) is 16.1 Å². The van der Waals surface area contributed by atoms with Gasteiger partial charge in [0.2, 0.25) is 5.91 Å². The molecular formula is C23H28IN3O3. The third-order valence-corrected chi connectivity index (χ3v) is 7.40. The van der Waals surface area contributed by atoms with Crippen molar-refractivity contribution in [3.05, 3.63) is 65.2 Å². The van der Waals surface area contributed by atoms with Crippen LogP contribution in [0, 0.1) is 13.8 Å². The van der Waals surface area contributed by atoms with Crippen LogP contribution in [0.2, 0.25) is 0 Å². The van der Waals surface area contributed by atoms with Gasteiger partial charge in [-0.25, -0.2) is 4.79 Å². The summed E-state index contributed by atoms with van der Waals surface area (Å²) < 4.78 is 5.15. The van der Waals surface area contributed by atoms with Gasteiger partial charge in [0, 0.05) is 12.2 Å². The first-order chi connectivity index (χ1) is 14.4. The molecule has 0 aromatic heterocycles. The lowest BCUT2D eigenvalue weighted by atomic mass is 9.87. The number of halogens is 1. The van der Waals surface area contributed by atoms with Crippen LogP contribution in [0.5, 0.6) is 0 Å². The normalized spacial score (nSPS) is 21.2. The fourth-order valence-electron chi connectivity index (χ4n) is 3.83. The minimum atomic E-state index is -0.903. The Balaban J connectivity index is 1.75. The van der Waals surface area contributed by atoms with E-state index < -0.39 is 11.6 Å². The number of anilines is 1. The van der Waals surface area contributed by atoms with Crippen LogP contribution in [0.25, 0.3) is 0 Å². The number of likely N-dealkylation sites (tertiary alicyclic amines) is 1. The van der Waals surface area contributed by atoms with Crippen molar-refractivity contribution < 1.29 is 14.3 Å². The molecule has 1 heterocycles. The van der Waals surface area contributed by atoms with Crippen molar-refractivity contribution in [2.75, 3.05) is 18.9 Å². The zero-order chi connectivity index (χ0) is 21.7. The van der Waals surface area contributed by atoms with E-state index in [0.717, 1.165) is 22.4 Å². The van der Waals surface area contributed by atoms with Crippen molar-refractivity contribution in [2.24, 2.45) is 0 Å². The van der Waals surface area contributed by atoms with Crippen LogP contribution in [0.1, 0.15) is 29.5 Å². The molecule has 1 fully saturated rings. The number of nitrogens with one attached hydrogen (secondary N) is 2. The fourth-order valence-corrected chi connectivity index (χ4v) is 5.24. The van der Waals surface area contributed by atoms with Crippen molar-refractivity contribution >= 4 is 40.3 Å². The Kier molecular flexibility index (Phi) is 7.36. The van der Waals surface area contributed by atoms with Crippen LogP contribution in [0.4, 0.5) is 10.5 Å². The van der Waals surface area contributed by atoms with E-state index in [2.05, 4.69) is 33.2 Å². The number of alkyl halides is 1. The van der Waals surface area contributed by atoms with Gasteiger partial charge in [0.05, 0.1) is 0 Å². The van der Waals surface area contributed by atoms with Crippen LogP contribution >= 0.6 is 22.6 Å². The topological polar surface area (TPSA) is 70.7 Å². The van der Waals surface area contributed by atoms with Crippen molar-refractivity contribution in [3.8, 4) is 0 Å². The highest BCUT2D eigenvalue weighted by atomic mass is 127. The highest BCUT2D eigenvalue weighted by Crippen LogP contribution is 2.34. The number of hydrogen-bond donors (Lipinski definition) is 2. The molecule has 1 aliphatic heterocycles. The van der Waals surface area contributed by atoms with E-state index in [1.165, 1.54) is 0 Å². The summed E-state index contributed by atoms with van der Waals surface area (Å²) in [5, 5.41) is 6.32. The third-order valence-electron chi connectivity index (χ3n) is 5.66. The van der Waals surface area contributed by atoms with Gasteiger partial charge in [-0.05, 0) is 50.4 Å². The maximum atomic E-state index is 13.4. The van der Waals surface area contributed by atoms with Crippen molar-refractivity contribution in [2.45, 2.75) is 42.9 Å². The number of amides is 2. The standard InChI is InChI=1S/C23H28IN3O3/c1-16-9-7-10-17(2)19(16)26-21(28)23(25-3)13-8-14-27(20(23)24)22(29)30-15-18-11-5-4-6-12-18/h4-7,9-12,20,25H,8,13-15H2,1-3H3,(H,26,28). The summed E-state index contributed by atoms with van der Waals surface area (Å²) in [6.45, 7) is 4.72. The third kappa shape index (κ3) is 4.62. The van der Waals surface area contributed by atoms with Gasteiger partial charge in [-0.1, -0.05) is 71.1 Å². The van der Waals surface area contributed by atoms with Gasteiger partial charge in [0.1, 0.15) is 16.2 Å². The molecule has 2 aromatic rings. The molecule has 0 aliphatic carbocycles. The number of rotatable bonds is 5. The maximum absolute atomic E-state index is 13.4. The Labute approximate surface area is 191 Å². The van der Waals surface area contributed by atoms with E-state index in [1.807, 2.05) is 62.4 Å². The quantitative estimate of drug-likeness (QED) is 0.348. The molecule has 2 aromatic carbocycles. The predicted octanol–water partition coefficient (Wildman–Crippen LogP) is 4.39. The molecule has 1 aliphatic rings. The Hall–Kier alpha value is -2.13. The monoisotopic (exact) mass is 521 g/mol. The van der Waals surface area contributed by atoms with E-state index in [1.54, 1.807) is 11.9 Å². The molecule has 7 heteroatoms. The molecule has 3 rings (SSSR count). The maximum Gasteiger partial charge on any atom is 0.411 e. The summed E-state index contributed by atoms with van der Waals surface area (Å²) in [6.07, 6.45) is 0.939. The average Bonchev–Trinajstić information content (AvgIpc) is 2.75. The molecule has 2 amide bonds. The lowest BCUT2D eigenvalue weighted by Crippen LogP contribution is -2.67. The second-order valence-electron chi connectivity index (χ2n) is 7.62. The molecule has 1 saturated heterocycles. The highest BCUT2D eigenvalue weighted by Gasteiger charge is 2.50. The lowest BCUT2D eigenvalue weighted by Gasteiger charge is -2.45. The number of piperidine rings is 1. The van der Waals surface area contributed by atoms with Gasteiger partial charge in [-0.2, -0.15) is 0 Å². The fraction of sp³-hybridized carbons (Fsp3) is 0.391. The van der Waals surface area contributed by atoms with Gasteiger partial charge in [0.25, 0.3) is 0 Å². The number of benzene rings is 2. The van der Waals surface area contributed by atoms with Crippen molar-refractivity contribution in [3.63, 3.8) is 0 Å². The summed E-state index contributed by atoms with van der Waals surface area (Å²) in [7, 11) is 1.77. The molecule has 160 valence electrons. The molecule has 2 unspecified atom stereocenters. The first-order valence-corrected chi connectivity index (χ1v) is 11.3. The summed E-state index contributed by atoms with van der Waals surface area (Å²) in [5.41, 5.74) is 2.87. The average molecular weight is 521 g/mol. The van der Waals surface area contributed by atoms with Crippen LogP contribution < -0.4 is 10.6 Å². The van der Waals surface area contributed by atoms with Gasteiger partial charge in [-0.3, -0.25) is 9.69 Å². The molecule has 0 spiro atoms. The zero-order valence-electron chi connectivity index (χ0n) is 17.6. The Bertz CT molecular complexity index is 886. The molecule has 0 bridgehead atoms. The second kappa shape index (κ2) is 9.78. The number of likely N-dealkylation sites (N-methyl/N-ethyl adjacent to an activating group) is 1. The summed E-state index contributed by atoms with van der Waals surface area (Å²) >= 11 is 2.18. The van der Waals surface area contributed by atoms with Crippen LogP contribution in [0.3, 0.4) is 0 Å². The molecule has 0 saturated carbocycles. The number of aryl methyl sites for hydroxylation is 2. The van der Waals surface area contributed by atoms with E-state index in [-0.39, 0.29) is 16.6 Å². The van der Waals surface area contributed by atoms with Gasteiger partial charge < -0.3 is 15.4 Å². The number of ether oxygens (including phenoxy) is 1. The van der Waals surface area contributed by atoms with Gasteiger partial charge >= 0.3 is 6.09 Å². The molecule has 2 atom stereocenters. The summed E-state index contributed by atoms with van der Waals surface area (Å²) in [6, 6.07) is 15.5. The van der Waals surface area contributed by atoms with Gasteiger partial charge in [0.15, 0.2) is 0 Å². The van der Waals surface area contributed by atoms with Crippen LogP contribution in [-0.4, -0.2) is 40.1 Å². The molecule has 6 nitrogen and oxygen atoms in total. The summed E-state index contributed by atoms with van der Waals surface area (Å²) in [4.78, 5) is 27.9. The highest BCUT2D eigenvalue weighted by molar-refractivity contribution is 14.1. The number of para-hydroxylation sites is 1. The van der Waals surface area contributed by atoms with Crippen molar-refractivity contribution in [1.82, 2.24) is 10.2 Å². The van der Waals surface area contributed by atoms with E-state index in [0.29, 0.717) is 19.4 Å². The summed E-state index contributed by atoms with van der Waals surface area (Å²) in [5.74, 6) is -0.137. The number of carbonyl (C=O) groups is 2. The minimum Gasteiger partial charge on any atom is -0.445 e. The molecular weight excluding hydrogens is 493 g/mol. The second-order valence-corrected chi connectivity index (χ2v) is 8.80. The Morgan fingerprint density at radius 3 is 2.43 bits per heavy atom. The van der Waals surface area contributed by atoms with E-state index >= 15 is 0 Å². The minimum absolute atomic E-state index is 0.137. The molecule has 2 N–H and O–H groups in total. The SMILES string of the molecule is CNC1(C(=O)Nc2c(C)cccc2C)CCCN(C(=O)OCc2ccccc2)C1I. The van der Waals surface area contributed by atoms with Crippen molar-refractivity contribution in [1.29, 1.82) is 0 Å². The first kappa shape index (κ1) is 22.6. The Morgan fingerprint density at radius 2 is 1.80 bits per heavy atom. The number of nitrogens with zero attached hydrogens (tertiary/aromatic N) is 1. The Morgan fingerprint density at radius 1 is 1.13 bits per heavy atom. The zero-order valence-corrected chi connectivity index (χ0v) is 19.7. The van der Waals surface area contributed by atoms with Crippen LogP contribution in [0.15, 0.2) is 48.5 Å². The molecule has 30 heavy (non-hydrogen) atoms. The largest absolute Gasteiger partial charge is 0.445 e. The lowest BCUT2D eigenvalue weighted by molar-refractivity contribution is -0.124. The van der Waals surface area contributed by atoms with Gasteiger partial charge in [-0.15, -0.1) is 0 Å². The predicted molar refractivity (Wildman–Crippen MR) is 127 cm³/mol. The van der Waals surface area contributed by atoms with E-state index in [9.17, 15) is 9.59 Å².